The Balaban J connectivity index is 1.68. The van der Waals surface area contributed by atoms with Gasteiger partial charge >= 0.3 is 0 Å². The highest BCUT2D eigenvalue weighted by Gasteiger charge is 2.20. The van der Waals surface area contributed by atoms with Gasteiger partial charge in [0.05, 0.1) is 5.69 Å². The Hall–Kier alpha value is -0.710. The second kappa shape index (κ2) is 5.51. The second-order valence-corrected chi connectivity index (χ2v) is 6.39. The molecule has 1 aliphatic carbocycles. The number of hydrogen-bond acceptors (Lipinski definition) is 3. The van der Waals surface area contributed by atoms with Crippen LogP contribution >= 0.6 is 27.3 Å². The Labute approximate surface area is 120 Å². The molecule has 0 amide bonds. The molecule has 2 heterocycles. The van der Waals surface area contributed by atoms with Gasteiger partial charge in [-0.2, -0.15) is 0 Å². The summed E-state index contributed by atoms with van der Waals surface area (Å²) in [5.41, 5.74) is 2.59. The maximum Gasteiger partial charge on any atom is 0.106 e. The number of aromatic nitrogens is 1. The van der Waals surface area contributed by atoms with E-state index in [1.54, 1.807) is 4.88 Å². The summed E-state index contributed by atoms with van der Waals surface area (Å²) < 4.78 is 0.904. The first-order valence-electron chi connectivity index (χ1n) is 6.24. The van der Waals surface area contributed by atoms with Crippen LogP contribution in [0.4, 0.5) is 0 Å². The lowest BCUT2D eigenvalue weighted by atomic mass is 9.94. The number of nitrogens with zero attached hydrogens (tertiary/aromatic N) is 1. The average Bonchev–Trinajstić information content (AvgIpc) is 2.85. The maximum absolute atomic E-state index is 4.46. The van der Waals surface area contributed by atoms with Crippen molar-refractivity contribution in [1.82, 2.24) is 10.3 Å². The average molecular weight is 323 g/mol. The van der Waals surface area contributed by atoms with E-state index in [2.05, 4.69) is 43.7 Å². The molecule has 1 N–H and O–H groups in total. The van der Waals surface area contributed by atoms with Gasteiger partial charge in [-0.05, 0) is 64.3 Å². The second-order valence-electron chi connectivity index (χ2n) is 4.58. The summed E-state index contributed by atoms with van der Waals surface area (Å²) in [5, 5.41) is 5.84. The quantitative estimate of drug-likeness (QED) is 0.861. The zero-order valence-electron chi connectivity index (χ0n) is 10.0. The molecule has 0 bridgehead atoms. The molecule has 0 aromatic carbocycles. The van der Waals surface area contributed by atoms with E-state index >= 15 is 0 Å². The van der Waals surface area contributed by atoms with Crippen molar-refractivity contribution in [2.45, 2.75) is 31.8 Å². The number of halogens is 1. The number of hydrogen-bond donors (Lipinski definition) is 1. The molecule has 3 rings (SSSR count). The zero-order valence-corrected chi connectivity index (χ0v) is 12.4. The van der Waals surface area contributed by atoms with Gasteiger partial charge in [0.25, 0.3) is 0 Å². The van der Waals surface area contributed by atoms with Crippen molar-refractivity contribution in [3.8, 4) is 0 Å². The van der Waals surface area contributed by atoms with Crippen LogP contribution in [0.2, 0.25) is 0 Å². The molecule has 0 fully saturated rings. The predicted molar refractivity (Wildman–Crippen MR) is 78.8 cm³/mol. The van der Waals surface area contributed by atoms with Gasteiger partial charge in [-0.1, -0.05) is 6.07 Å². The van der Waals surface area contributed by atoms with Crippen LogP contribution < -0.4 is 5.32 Å². The topological polar surface area (TPSA) is 24.9 Å². The molecule has 1 aliphatic rings. The highest BCUT2D eigenvalue weighted by Crippen LogP contribution is 2.33. The molecule has 2 aromatic heterocycles. The Morgan fingerprint density at radius 2 is 2.33 bits per heavy atom. The molecular formula is C14H15BrN2S. The van der Waals surface area contributed by atoms with Gasteiger partial charge in [0.2, 0.25) is 0 Å². The Morgan fingerprint density at radius 1 is 1.39 bits per heavy atom. The van der Waals surface area contributed by atoms with Crippen molar-refractivity contribution >= 4 is 27.3 Å². The Kier molecular flexibility index (Phi) is 3.77. The molecule has 2 aromatic rings. The lowest BCUT2D eigenvalue weighted by Gasteiger charge is -2.23. The smallest absolute Gasteiger partial charge is 0.106 e. The number of rotatable bonds is 3. The van der Waals surface area contributed by atoms with Crippen molar-refractivity contribution in [2.24, 2.45) is 0 Å². The Bertz CT molecular complexity index is 538. The molecule has 94 valence electrons. The van der Waals surface area contributed by atoms with E-state index in [0.29, 0.717) is 6.04 Å². The summed E-state index contributed by atoms with van der Waals surface area (Å²) in [6, 6.07) is 8.83. The largest absolute Gasteiger partial charge is 0.304 e. The van der Waals surface area contributed by atoms with E-state index in [-0.39, 0.29) is 0 Å². The van der Waals surface area contributed by atoms with Gasteiger partial charge in [0.1, 0.15) is 4.60 Å². The first-order valence-corrected chi connectivity index (χ1v) is 7.91. The highest BCUT2D eigenvalue weighted by atomic mass is 79.9. The first-order chi connectivity index (χ1) is 8.83. The number of nitrogens with one attached hydrogen (secondary N) is 1. The molecule has 1 unspecified atom stereocenters. The fourth-order valence-corrected chi connectivity index (χ4v) is 3.84. The fourth-order valence-electron chi connectivity index (χ4n) is 2.47. The van der Waals surface area contributed by atoms with E-state index < -0.39 is 0 Å². The summed E-state index contributed by atoms with van der Waals surface area (Å²) in [6.07, 6.45) is 3.77. The molecule has 0 saturated carbocycles. The fraction of sp³-hybridized carbons (Fsp3) is 0.357. The molecule has 0 radical (unpaired) electrons. The van der Waals surface area contributed by atoms with Gasteiger partial charge < -0.3 is 5.32 Å². The normalized spacial score (nSPS) is 18.6. The number of pyridine rings is 1. The monoisotopic (exact) mass is 322 g/mol. The molecule has 0 aliphatic heterocycles. The minimum atomic E-state index is 0.501. The summed E-state index contributed by atoms with van der Waals surface area (Å²) >= 11 is 5.30. The van der Waals surface area contributed by atoms with Crippen molar-refractivity contribution in [1.29, 1.82) is 0 Å². The van der Waals surface area contributed by atoms with Gasteiger partial charge in [-0.15, -0.1) is 11.3 Å². The third-order valence-electron chi connectivity index (χ3n) is 3.35. The predicted octanol–water partition coefficient (Wildman–Crippen LogP) is 4.07. The van der Waals surface area contributed by atoms with Gasteiger partial charge in [-0.25, -0.2) is 4.98 Å². The highest BCUT2D eigenvalue weighted by molar-refractivity contribution is 9.10. The van der Waals surface area contributed by atoms with Crippen LogP contribution in [-0.2, 0) is 13.0 Å². The lowest BCUT2D eigenvalue weighted by Crippen LogP contribution is -2.24. The number of thiophene rings is 1. The molecule has 2 nitrogen and oxygen atoms in total. The van der Waals surface area contributed by atoms with E-state index in [4.69, 9.17) is 0 Å². The van der Waals surface area contributed by atoms with E-state index in [0.717, 1.165) is 16.8 Å². The van der Waals surface area contributed by atoms with Crippen molar-refractivity contribution in [2.75, 3.05) is 0 Å². The van der Waals surface area contributed by atoms with Crippen LogP contribution in [0.15, 0.2) is 34.2 Å². The minimum absolute atomic E-state index is 0.501. The van der Waals surface area contributed by atoms with Gasteiger partial charge in [0, 0.05) is 17.5 Å². The molecule has 0 saturated heterocycles. The molecule has 1 atom stereocenters. The third kappa shape index (κ3) is 2.66. The standard InChI is InChI=1S/C14H15BrN2S/c15-14-6-1-3-10(17-14)9-16-12-4-2-5-13-11(12)7-8-18-13/h1,3,6-8,12,16H,2,4-5,9H2. The van der Waals surface area contributed by atoms with Crippen LogP contribution in [0, 0.1) is 0 Å². The van der Waals surface area contributed by atoms with Gasteiger partial charge in [0.15, 0.2) is 0 Å². The Morgan fingerprint density at radius 3 is 3.22 bits per heavy atom. The van der Waals surface area contributed by atoms with Crippen molar-refractivity contribution in [3.05, 3.63) is 50.4 Å². The number of fused-ring (bicyclic) bond motifs is 1. The molecule has 4 heteroatoms. The SMILES string of the molecule is Brc1cccc(CNC2CCCc3sccc32)n1. The summed E-state index contributed by atoms with van der Waals surface area (Å²) in [5.74, 6) is 0. The van der Waals surface area contributed by atoms with Gasteiger partial charge in [-0.3, -0.25) is 0 Å². The van der Waals surface area contributed by atoms with E-state index in [1.165, 1.54) is 24.8 Å². The number of aryl methyl sites for hydroxylation is 1. The minimum Gasteiger partial charge on any atom is -0.304 e. The maximum atomic E-state index is 4.46. The van der Waals surface area contributed by atoms with Crippen LogP contribution in [0.3, 0.4) is 0 Å². The summed E-state index contributed by atoms with van der Waals surface area (Å²) in [6.45, 7) is 0.833. The van der Waals surface area contributed by atoms with Crippen molar-refractivity contribution in [3.63, 3.8) is 0 Å². The van der Waals surface area contributed by atoms with E-state index in [9.17, 15) is 0 Å². The molecular weight excluding hydrogens is 308 g/mol. The van der Waals surface area contributed by atoms with E-state index in [1.807, 2.05) is 23.5 Å². The van der Waals surface area contributed by atoms with Crippen molar-refractivity contribution < 1.29 is 0 Å². The van der Waals surface area contributed by atoms with Crippen LogP contribution in [0.5, 0.6) is 0 Å². The summed E-state index contributed by atoms with van der Waals surface area (Å²) in [4.78, 5) is 6.01. The lowest BCUT2D eigenvalue weighted by molar-refractivity contribution is 0.460. The molecule has 18 heavy (non-hydrogen) atoms. The third-order valence-corrected chi connectivity index (χ3v) is 4.79. The summed E-state index contributed by atoms with van der Waals surface area (Å²) in [7, 11) is 0. The van der Waals surface area contributed by atoms with Crippen LogP contribution in [0.1, 0.15) is 35.0 Å². The van der Waals surface area contributed by atoms with Crippen LogP contribution in [0.25, 0.3) is 0 Å². The molecule has 0 spiro atoms. The van der Waals surface area contributed by atoms with Crippen LogP contribution in [-0.4, -0.2) is 4.98 Å². The first kappa shape index (κ1) is 12.3. The zero-order chi connectivity index (χ0) is 12.4.